The number of nitrogens with two attached hydrogens (primary N) is 1. The molecule has 0 aliphatic rings. The van der Waals surface area contributed by atoms with Crippen LogP contribution in [0.3, 0.4) is 0 Å². The van der Waals surface area contributed by atoms with E-state index in [4.69, 9.17) is 11.0 Å². The number of aryl methyl sites for hydroxylation is 1. The number of nitriles is 1. The third kappa shape index (κ3) is 1.59. The summed E-state index contributed by atoms with van der Waals surface area (Å²) in [4.78, 5) is 10.8. The lowest BCUT2D eigenvalue weighted by atomic mass is 10.2. The Labute approximate surface area is 80.7 Å². The molecule has 1 rings (SSSR count). The van der Waals surface area contributed by atoms with Crippen LogP contribution >= 0.6 is 0 Å². The van der Waals surface area contributed by atoms with Crippen LogP contribution in [0.15, 0.2) is 23.9 Å². The fourth-order valence-electron chi connectivity index (χ4n) is 1.06. The van der Waals surface area contributed by atoms with Crippen molar-refractivity contribution in [2.24, 2.45) is 12.8 Å². The molecule has 1 amide bonds. The average Bonchev–Trinajstić information content (AvgIpc) is 2.51. The Morgan fingerprint density at radius 1 is 1.71 bits per heavy atom. The number of hydrogen-bond acceptors (Lipinski definition) is 3. The summed E-state index contributed by atoms with van der Waals surface area (Å²) in [6, 6.07) is 4.82. The van der Waals surface area contributed by atoms with Crippen molar-refractivity contribution < 1.29 is 9.90 Å². The Bertz CT molecular complexity index is 437. The monoisotopic (exact) mass is 191 g/mol. The smallest absolute Gasteiger partial charge is 0.263 e. The molecule has 0 aliphatic carbocycles. The van der Waals surface area contributed by atoms with Crippen molar-refractivity contribution in [2.45, 2.75) is 0 Å². The molecule has 0 fully saturated rings. The SMILES string of the molecule is Cn1cccc1C(O)=C(C#N)C(N)=O. The molecule has 0 atom stereocenters. The fraction of sp³-hybridized carbons (Fsp3) is 0.111. The predicted molar refractivity (Wildman–Crippen MR) is 49.8 cm³/mol. The summed E-state index contributed by atoms with van der Waals surface area (Å²) in [6.45, 7) is 0. The third-order valence-corrected chi connectivity index (χ3v) is 1.78. The molecule has 3 N–H and O–H groups in total. The molecule has 0 unspecified atom stereocenters. The van der Waals surface area contributed by atoms with Gasteiger partial charge >= 0.3 is 0 Å². The van der Waals surface area contributed by atoms with E-state index < -0.39 is 17.2 Å². The molecule has 0 spiro atoms. The first-order valence-electron chi connectivity index (χ1n) is 3.82. The zero-order valence-corrected chi connectivity index (χ0v) is 7.56. The summed E-state index contributed by atoms with van der Waals surface area (Å²) in [5.41, 5.74) is 4.85. The molecule has 1 aromatic heterocycles. The Balaban J connectivity index is 3.30. The number of rotatable bonds is 2. The van der Waals surface area contributed by atoms with E-state index >= 15 is 0 Å². The number of aliphatic hydroxyl groups is 1. The molecule has 5 heteroatoms. The van der Waals surface area contributed by atoms with Crippen LogP contribution in [-0.4, -0.2) is 15.6 Å². The maximum Gasteiger partial charge on any atom is 0.263 e. The van der Waals surface area contributed by atoms with Crippen LogP contribution in [0.4, 0.5) is 0 Å². The quantitative estimate of drug-likeness (QED) is 0.400. The number of aliphatic hydroxyl groups excluding tert-OH is 1. The molecular weight excluding hydrogens is 182 g/mol. The van der Waals surface area contributed by atoms with Crippen molar-refractivity contribution in [1.29, 1.82) is 5.26 Å². The highest BCUT2D eigenvalue weighted by atomic mass is 16.3. The van der Waals surface area contributed by atoms with Crippen LogP contribution in [0, 0.1) is 11.3 Å². The highest BCUT2D eigenvalue weighted by molar-refractivity contribution is 6.02. The minimum absolute atomic E-state index is 0.375. The Morgan fingerprint density at radius 2 is 2.36 bits per heavy atom. The molecule has 0 saturated carbocycles. The van der Waals surface area contributed by atoms with E-state index in [1.165, 1.54) is 0 Å². The first-order chi connectivity index (χ1) is 6.57. The molecular formula is C9H9N3O2. The number of hydrogen-bond donors (Lipinski definition) is 2. The number of primary amides is 1. The minimum Gasteiger partial charge on any atom is -0.504 e. The van der Waals surface area contributed by atoms with E-state index in [0.29, 0.717) is 5.69 Å². The number of nitrogens with zero attached hydrogens (tertiary/aromatic N) is 2. The first-order valence-corrected chi connectivity index (χ1v) is 3.82. The van der Waals surface area contributed by atoms with Crippen LogP contribution < -0.4 is 5.73 Å². The zero-order chi connectivity index (χ0) is 10.7. The van der Waals surface area contributed by atoms with Crippen molar-refractivity contribution in [3.8, 4) is 6.07 Å². The number of carbonyl (C=O) groups excluding carboxylic acids is 1. The van der Waals surface area contributed by atoms with Crippen molar-refractivity contribution in [1.82, 2.24) is 4.57 Å². The van der Waals surface area contributed by atoms with Gasteiger partial charge in [0.15, 0.2) is 11.3 Å². The van der Waals surface area contributed by atoms with Crippen molar-refractivity contribution in [3.63, 3.8) is 0 Å². The van der Waals surface area contributed by atoms with Crippen molar-refractivity contribution in [3.05, 3.63) is 29.6 Å². The molecule has 0 aromatic carbocycles. The number of aromatic nitrogens is 1. The van der Waals surface area contributed by atoms with E-state index in [-0.39, 0.29) is 0 Å². The minimum atomic E-state index is -0.939. The van der Waals surface area contributed by atoms with E-state index in [2.05, 4.69) is 0 Å². The standard InChI is InChI=1S/C9H9N3O2/c1-12-4-2-3-7(12)8(13)6(5-10)9(11)14/h2-4,13H,1H3,(H2,11,14). The van der Waals surface area contributed by atoms with E-state index in [1.54, 1.807) is 36.0 Å². The first kappa shape index (κ1) is 9.86. The van der Waals surface area contributed by atoms with Gasteiger partial charge in [0.1, 0.15) is 6.07 Å². The predicted octanol–water partition coefficient (Wildman–Crippen LogP) is 0.303. The molecule has 0 radical (unpaired) electrons. The van der Waals surface area contributed by atoms with Gasteiger partial charge in [-0.3, -0.25) is 4.79 Å². The lowest BCUT2D eigenvalue weighted by Gasteiger charge is -2.02. The summed E-state index contributed by atoms with van der Waals surface area (Å²) in [6.07, 6.45) is 1.68. The van der Waals surface area contributed by atoms with E-state index in [0.717, 1.165) is 0 Å². The Hall–Kier alpha value is -2.22. The topological polar surface area (TPSA) is 92.0 Å². The summed E-state index contributed by atoms with van der Waals surface area (Å²) < 4.78 is 1.58. The van der Waals surface area contributed by atoms with Gasteiger partial charge in [0.2, 0.25) is 0 Å². The van der Waals surface area contributed by atoms with Gasteiger partial charge in [0.25, 0.3) is 5.91 Å². The van der Waals surface area contributed by atoms with Crippen LogP contribution in [0.2, 0.25) is 0 Å². The Morgan fingerprint density at radius 3 is 2.71 bits per heavy atom. The third-order valence-electron chi connectivity index (χ3n) is 1.78. The van der Waals surface area contributed by atoms with Crippen molar-refractivity contribution in [2.75, 3.05) is 0 Å². The highest BCUT2D eigenvalue weighted by Gasteiger charge is 2.14. The molecule has 0 aliphatic heterocycles. The molecule has 5 nitrogen and oxygen atoms in total. The van der Waals surface area contributed by atoms with Gasteiger partial charge < -0.3 is 15.4 Å². The van der Waals surface area contributed by atoms with Crippen molar-refractivity contribution >= 4 is 11.7 Å². The fourth-order valence-corrected chi connectivity index (χ4v) is 1.06. The lowest BCUT2D eigenvalue weighted by Crippen LogP contribution is -2.15. The molecule has 0 bridgehead atoms. The Kier molecular flexibility index (Phi) is 2.58. The second-order valence-electron chi connectivity index (χ2n) is 2.70. The van der Waals surface area contributed by atoms with Gasteiger partial charge in [-0.1, -0.05) is 0 Å². The zero-order valence-electron chi connectivity index (χ0n) is 7.56. The van der Waals surface area contributed by atoms with Gasteiger partial charge in [-0.05, 0) is 12.1 Å². The summed E-state index contributed by atoms with van der Waals surface area (Å²) in [5, 5.41) is 18.1. The van der Waals surface area contributed by atoms with Crippen LogP contribution in [0.5, 0.6) is 0 Å². The second kappa shape index (κ2) is 3.66. The van der Waals surface area contributed by atoms with Crippen LogP contribution in [0.1, 0.15) is 5.69 Å². The molecule has 1 aromatic rings. The number of amides is 1. The summed E-state index contributed by atoms with van der Waals surface area (Å²) in [5.74, 6) is -1.33. The van der Waals surface area contributed by atoms with Crippen LogP contribution in [0.25, 0.3) is 5.76 Å². The van der Waals surface area contributed by atoms with E-state index in [9.17, 15) is 9.90 Å². The van der Waals surface area contributed by atoms with Crippen LogP contribution in [-0.2, 0) is 11.8 Å². The van der Waals surface area contributed by atoms with Gasteiger partial charge in [-0.2, -0.15) is 5.26 Å². The summed E-state index contributed by atoms with van der Waals surface area (Å²) in [7, 11) is 1.68. The van der Waals surface area contributed by atoms with E-state index in [1.807, 2.05) is 0 Å². The molecule has 14 heavy (non-hydrogen) atoms. The number of carbonyl (C=O) groups is 1. The molecule has 72 valence electrons. The van der Waals surface area contributed by atoms with Gasteiger partial charge in [0, 0.05) is 13.2 Å². The summed E-state index contributed by atoms with van der Waals surface area (Å²) >= 11 is 0. The normalized spacial score (nSPS) is 11.7. The molecule has 1 heterocycles. The largest absolute Gasteiger partial charge is 0.504 e. The average molecular weight is 191 g/mol. The maximum absolute atomic E-state index is 10.8. The molecule has 0 saturated heterocycles. The van der Waals surface area contributed by atoms with Gasteiger partial charge in [-0.15, -0.1) is 0 Å². The lowest BCUT2D eigenvalue weighted by molar-refractivity contribution is -0.114. The maximum atomic E-state index is 10.8. The highest BCUT2D eigenvalue weighted by Crippen LogP contribution is 2.15. The van der Waals surface area contributed by atoms with Gasteiger partial charge in [-0.25, -0.2) is 0 Å². The second-order valence-corrected chi connectivity index (χ2v) is 2.70. The van der Waals surface area contributed by atoms with Gasteiger partial charge in [0.05, 0.1) is 5.69 Å².